The van der Waals surface area contributed by atoms with E-state index < -0.39 is 0 Å². The maximum atomic E-state index is 11.8. The molecule has 0 aromatic heterocycles. The molecule has 1 unspecified atom stereocenters. The molecule has 21 heavy (non-hydrogen) atoms. The molecular weight excluding hydrogens is 270 g/mol. The number of amides is 1. The van der Waals surface area contributed by atoms with Gasteiger partial charge in [-0.2, -0.15) is 0 Å². The van der Waals surface area contributed by atoms with Crippen molar-refractivity contribution in [3.63, 3.8) is 0 Å². The number of nitrogens with one attached hydrogen (secondary N) is 3. The summed E-state index contributed by atoms with van der Waals surface area (Å²) in [6.07, 6.45) is 1.44. The van der Waals surface area contributed by atoms with Gasteiger partial charge in [0.1, 0.15) is 0 Å². The second-order valence-corrected chi connectivity index (χ2v) is 4.12. The highest BCUT2D eigenvalue weighted by atomic mass is 16.2. The molecular formula is C13H33N7O. The number of rotatable bonds is 11. The zero-order chi connectivity index (χ0) is 16.5. The Morgan fingerprint density at radius 1 is 1.19 bits per heavy atom. The fraction of sp³-hybridized carbons (Fsp3) is 0.846. The maximum Gasteiger partial charge on any atom is 0.237 e. The van der Waals surface area contributed by atoms with E-state index in [4.69, 9.17) is 17.2 Å². The Hall–Kier alpha value is -1.38. The Morgan fingerprint density at radius 3 is 2.38 bits per heavy atom. The third-order valence-electron chi connectivity index (χ3n) is 2.53. The lowest BCUT2D eigenvalue weighted by Gasteiger charge is -2.15. The summed E-state index contributed by atoms with van der Waals surface area (Å²) < 4.78 is 0. The molecule has 0 fully saturated rings. The van der Waals surface area contributed by atoms with E-state index in [1.807, 2.05) is 13.8 Å². The van der Waals surface area contributed by atoms with Gasteiger partial charge in [-0.15, -0.1) is 0 Å². The van der Waals surface area contributed by atoms with E-state index in [0.717, 1.165) is 13.0 Å². The normalized spacial score (nSPS) is 11.0. The number of nitrogens with two attached hydrogens (primary N) is 3. The summed E-state index contributed by atoms with van der Waals surface area (Å²) in [5.74, 6) is 0.0678. The molecule has 0 aliphatic heterocycles. The van der Waals surface area contributed by atoms with Crippen molar-refractivity contribution >= 4 is 11.9 Å². The molecule has 0 radical (unpaired) electrons. The number of hydrogen-bond donors (Lipinski definition) is 6. The van der Waals surface area contributed by atoms with Crippen LogP contribution in [0.4, 0.5) is 0 Å². The van der Waals surface area contributed by atoms with E-state index in [1.165, 1.54) is 0 Å². The summed E-state index contributed by atoms with van der Waals surface area (Å²) in [5.41, 5.74) is 15.8. The quantitative estimate of drug-likeness (QED) is 0.153. The van der Waals surface area contributed by atoms with Crippen LogP contribution in [-0.2, 0) is 4.79 Å². The third kappa shape index (κ3) is 14.8. The molecule has 8 heteroatoms. The summed E-state index contributed by atoms with van der Waals surface area (Å²) in [6.45, 7) is 7.19. The fourth-order valence-electron chi connectivity index (χ4n) is 1.53. The molecule has 0 aliphatic carbocycles. The largest absolute Gasteiger partial charge is 0.370 e. The summed E-state index contributed by atoms with van der Waals surface area (Å²) in [6, 6.07) is -0.219. The molecule has 0 saturated carbocycles. The Labute approximate surface area is 128 Å². The van der Waals surface area contributed by atoms with Gasteiger partial charge in [0.2, 0.25) is 5.91 Å². The second kappa shape index (κ2) is 16.7. The Kier molecular flexibility index (Phi) is 17.4. The molecule has 9 N–H and O–H groups in total. The minimum Gasteiger partial charge on any atom is -0.370 e. The molecule has 0 rings (SSSR count). The Bertz CT molecular complexity index is 267. The SMILES string of the molecule is CC.CNC(CCCN=C(N)N)C(=O)NCCNCCN. The summed E-state index contributed by atoms with van der Waals surface area (Å²) in [4.78, 5) is 15.7. The van der Waals surface area contributed by atoms with Crippen LogP contribution in [-0.4, -0.2) is 57.7 Å². The first-order valence-electron chi connectivity index (χ1n) is 7.53. The highest BCUT2D eigenvalue weighted by molar-refractivity contribution is 5.81. The summed E-state index contributed by atoms with van der Waals surface area (Å²) >= 11 is 0. The average molecular weight is 303 g/mol. The first-order chi connectivity index (χ1) is 10.1. The number of guanidine groups is 1. The van der Waals surface area contributed by atoms with Crippen LogP contribution in [0.15, 0.2) is 4.99 Å². The van der Waals surface area contributed by atoms with E-state index in [9.17, 15) is 4.79 Å². The molecule has 1 atom stereocenters. The topological polar surface area (TPSA) is 144 Å². The van der Waals surface area contributed by atoms with Crippen LogP contribution >= 0.6 is 0 Å². The molecule has 0 spiro atoms. The lowest BCUT2D eigenvalue weighted by atomic mass is 10.1. The summed E-state index contributed by atoms with van der Waals surface area (Å²) in [5, 5.41) is 8.94. The zero-order valence-electron chi connectivity index (χ0n) is 13.6. The highest BCUT2D eigenvalue weighted by Gasteiger charge is 2.14. The second-order valence-electron chi connectivity index (χ2n) is 4.12. The first-order valence-corrected chi connectivity index (χ1v) is 7.53. The number of aliphatic imine (C=N–C) groups is 1. The first kappa shape index (κ1) is 21.9. The smallest absolute Gasteiger partial charge is 0.237 e. The van der Waals surface area contributed by atoms with Crippen LogP contribution < -0.4 is 33.2 Å². The van der Waals surface area contributed by atoms with Gasteiger partial charge in [-0.3, -0.25) is 9.79 Å². The van der Waals surface area contributed by atoms with E-state index in [-0.39, 0.29) is 17.9 Å². The van der Waals surface area contributed by atoms with Gasteiger partial charge in [-0.1, -0.05) is 13.8 Å². The number of carbonyl (C=O) groups is 1. The lowest BCUT2D eigenvalue weighted by molar-refractivity contribution is -0.123. The van der Waals surface area contributed by atoms with Crippen LogP contribution in [0, 0.1) is 0 Å². The van der Waals surface area contributed by atoms with Gasteiger partial charge in [0.25, 0.3) is 0 Å². The van der Waals surface area contributed by atoms with Gasteiger partial charge >= 0.3 is 0 Å². The molecule has 8 nitrogen and oxygen atoms in total. The molecule has 0 heterocycles. The van der Waals surface area contributed by atoms with Gasteiger partial charge in [-0.25, -0.2) is 0 Å². The molecule has 1 amide bonds. The number of nitrogens with zero attached hydrogens (tertiary/aromatic N) is 1. The molecule has 0 bridgehead atoms. The molecule has 0 aromatic carbocycles. The van der Waals surface area contributed by atoms with Crippen molar-refractivity contribution in [3.05, 3.63) is 0 Å². The number of hydrogen-bond acceptors (Lipinski definition) is 5. The highest BCUT2D eigenvalue weighted by Crippen LogP contribution is 1.97. The Balaban J connectivity index is 0. The van der Waals surface area contributed by atoms with Gasteiger partial charge in [0.15, 0.2) is 5.96 Å². The van der Waals surface area contributed by atoms with Crippen LogP contribution in [0.1, 0.15) is 26.7 Å². The lowest BCUT2D eigenvalue weighted by Crippen LogP contribution is -2.44. The van der Waals surface area contributed by atoms with E-state index >= 15 is 0 Å². The van der Waals surface area contributed by atoms with Crippen molar-refractivity contribution in [2.75, 3.05) is 39.8 Å². The molecule has 0 saturated heterocycles. The fourth-order valence-corrected chi connectivity index (χ4v) is 1.53. The van der Waals surface area contributed by atoms with Gasteiger partial charge < -0.3 is 33.2 Å². The average Bonchev–Trinajstić information content (AvgIpc) is 2.48. The third-order valence-corrected chi connectivity index (χ3v) is 2.53. The molecule has 126 valence electrons. The van der Waals surface area contributed by atoms with Crippen LogP contribution in [0.25, 0.3) is 0 Å². The van der Waals surface area contributed by atoms with Crippen molar-refractivity contribution in [2.24, 2.45) is 22.2 Å². The van der Waals surface area contributed by atoms with Crippen LogP contribution in [0.3, 0.4) is 0 Å². The van der Waals surface area contributed by atoms with Crippen LogP contribution in [0.5, 0.6) is 0 Å². The maximum absolute atomic E-state index is 11.8. The van der Waals surface area contributed by atoms with Crippen molar-refractivity contribution in [3.8, 4) is 0 Å². The van der Waals surface area contributed by atoms with Gasteiger partial charge in [-0.05, 0) is 19.9 Å². The van der Waals surface area contributed by atoms with Crippen molar-refractivity contribution in [1.82, 2.24) is 16.0 Å². The van der Waals surface area contributed by atoms with Gasteiger partial charge in [0.05, 0.1) is 6.04 Å². The predicted octanol–water partition coefficient (Wildman–Crippen LogP) is -1.68. The van der Waals surface area contributed by atoms with E-state index in [0.29, 0.717) is 32.6 Å². The van der Waals surface area contributed by atoms with Crippen molar-refractivity contribution < 1.29 is 4.79 Å². The van der Waals surface area contributed by atoms with Crippen molar-refractivity contribution in [2.45, 2.75) is 32.7 Å². The van der Waals surface area contributed by atoms with E-state index in [1.54, 1.807) is 7.05 Å². The molecule has 0 aliphatic rings. The van der Waals surface area contributed by atoms with Crippen molar-refractivity contribution in [1.29, 1.82) is 0 Å². The Morgan fingerprint density at radius 2 is 1.86 bits per heavy atom. The number of carbonyl (C=O) groups excluding carboxylic acids is 1. The van der Waals surface area contributed by atoms with E-state index in [2.05, 4.69) is 20.9 Å². The van der Waals surface area contributed by atoms with Gasteiger partial charge in [0, 0.05) is 32.7 Å². The minimum absolute atomic E-state index is 0.0123. The number of likely N-dealkylation sites (N-methyl/N-ethyl adjacent to an activating group) is 1. The summed E-state index contributed by atoms with van der Waals surface area (Å²) in [7, 11) is 1.76. The zero-order valence-corrected chi connectivity index (χ0v) is 13.6. The minimum atomic E-state index is -0.219. The predicted molar refractivity (Wildman–Crippen MR) is 89.0 cm³/mol. The monoisotopic (exact) mass is 303 g/mol. The standard InChI is InChI=1S/C11H27N7O.C2H6/c1-15-9(3-2-5-18-11(13)14)10(19)17-8-7-16-6-4-12;1-2/h9,15-16H,2-8,12H2,1H3,(H,17,19)(H4,13,14,18);1-2H3. The molecule has 0 aromatic rings. The van der Waals surface area contributed by atoms with Crippen LogP contribution in [0.2, 0.25) is 0 Å².